The molecule has 1 N–H and O–H groups in total. The van der Waals surface area contributed by atoms with Crippen LogP contribution in [-0.2, 0) is 0 Å². The molecule has 116 valence electrons. The van der Waals surface area contributed by atoms with E-state index in [-0.39, 0.29) is 0 Å². The average Bonchev–Trinajstić information content (AvgIpc) is 3.06. The second kappa shape index (κ2) is 6.01. The Kier molecular flexibility index (Phi) is 3.56. The molecule has 4 heteroatoms. The molecule has 0 atom stereocenters. The van der Waals surface area contributed by atoms with Crippen LogP contribution in [0.15, 0.2) is 84.1 Å². The first-order valence-electron chi connectivity index (χ1n) is 7.67. The predicted octanol–water partition coefficient (Wildman–Crippen LogP) is 4.50. The quantitative estimate of drug-likeness (QED) is 0.344. The fourth-order valence-corrected chi connectivity index (χ4v) is 2.82. The fourth-order valence-electron chi connectivity index (χ4n) is 2.82. The van der Waals surface area contributed by atoms with E-state index in [1.54, 1.807) is 4.68 Å². The second-order valence-electron chi connectivity index (χ2n) is 5.52. The highest BCUT2D eigenvalue weighted by atomic mass is 16.4. The number of oxime groups is 1. The SMILES string of the molecule is O/N=C/c1cn(-c2ccccc2)nc1-c1ccc2ccccc2c1. The molecule has 4 nitrogen and oxygen atoms in total. The van der Waals surface area contributed by atoms with Crippen molar-refractivity contribution in [2.45, 2.75) is 0 Å². The Bertz CT molecular complexity index is 1020. The van der Waals surface area contributed by atoms with Crippen molar-refractivity contribution in [3.8, 4) is 16.9 Å². The number of hydrogen-bond donors (Lipinski definition) is 1. The van der Waals surface area contributed by atoms with E-state index in [0.717, 1.165) is 27.9 Å². The van der Waals surface area contributed by atoms with Crippen LogP contribution in [0.1, 0.15) is 5.56 Å². The fraction of sp³-hybridized carbons (Fsp3) is 0. The van der Waals surface area contributed by atoms with Gasteiger partial charge in [0, 0.05) is 17.3 Å². The lowest BCUT2D eigenvalue weighted by Crippen LogP contribution is -1.94. The van der Waals surface area contributed by atoms with Gasteiger partial charge in [-0.15, -0.1) is 0 Å². The summed E-state index contributed by atoms with van der Waals surface area (Å²) in [5.74, 6) is 0. The normalized spacial score (nSPS) is 11.3. The van der Waals surface area contributed by atoms with E-state index in [4.69, 9.17) is 10.3 Å². The van der Waals surface area contributed by atoms with Crippen molar-refractivity contribution < 1.29 is 5.21 Å². The lowest BCUT2D eigenvalue weighted by Gasteiger charge is -2.03. The molecule has 24 heavy (non-hydrogen) atoms. The molecule has 0 aliphatic carbocycles. The molecule has 1 aromatic heterocycles. The van der Waals surface area contributed by atoms with Gasteiger partial charge in [-0.2, -0.15) is 5.10 Å². The molecule has 0 saturated carbocycles. The van der Waals surface area contributed by atoms with E-state index in [0.29, 0.717) is 0 Å². The summed E-state index contributed by atoms with van der Waals surface area (Å²) in [5, 5.41) is 19.2. The molecule has 0 fully saturated rings. The van der Waals surface area contributed by atoms with Gasteiger partial charge in [0.15, 0.2) is 0 Å². The van der Waals surface area contributed by atoms with Gasteiger partial charge in [0.05, 0.1) is 11.9 Å². The first-order chi connectivity index (χ1) is 11.8. The Morgan fingerprint density at radius 1 is 0.875 bits per heavy atom. The van der Waals surface area contributed by atoms with Crippen LogP contribution in [0, 0.1) is 0 Å². The smallest absolute Gasteiger partial charge is 0.102 e. The van der Waals surface area contributed by atoms with Gasteiger partial charge >= 0.3 is 0 Å². The Hall–Kier alpha value is -3.40. The van der Waals surface area contributed by atoms with Crippen molar-refractivity contribution in [2.75, 3.05) is 0 Å². The summed E-state index contributed by atoms with van der Waals surface area (Å²) in [6.07, 6.45) is 3.27. The molecule has 3 aromatic carbocycles. The third-order valence-corrected chi connectivity index (χ3v) is 3.98. The van der Waals surface area contributed by atoms with Crippen LogP contribution in [-0.4, -0.2) is 21.2 Å². The highest BCUT2D eigenvalue weighted by molar-refractivity contribution is 5.92. The van der Waals surface area contributed by atoms with E-state index >= 15 is 0 Å². The first-order valence-corrected chi connectivity index (χ1v) is 7.67. The van der Waals surface area contributed by atoms with Gasteiger partial charge in [0.25, 0.3) is 0 Å². The number of para-hydroxylation sites is 1. The number of fused-ring (bicyclic) bond motifs is 1. The Labute approximate surface area is 139 Å². The molecule has 4 rings (SSSR count). The molecule has 0 saturated heterocycles. The summed E-state index contributed by atoms with van der Waals surface area (Å²) in [6.45, 7) is 0. The summed E-state index contributed by atoms with van der Waals surface area (Å²) >= 11 is 0. The van der Waals surface area contributed by atoms with Crippen molar-refractivity contribution in [1.29, 1.82) is 0 Å². The molecule has 0 unspecified atom stereocenters. The van der Waals surface area contributed by atoms with Crippen LogP contribution in [0.3, 0.4) is 0 Å². The molecule has 0 aliphatic rings. The Morgan fingerprint density at radius 3 is 2.42 bits per heavy atom. The summed E-state index contributed by atoms with van der Waals surface area (Å²) in [6, 6.07) is 24.3. The Balaban J connectivity index is 1.87. The minimum Gasteiger partial charge on any atom is -0.411 e. The first kappa shape index (κ1) is 14.2. The molecule has 4 aromatic rings. The van der Waals surface area contributed by atoms with Crippen molar-refractivity contribution in [1.82, 2.24) is 9.78 Å². The largest absolute Gasteiger partial charge is 0.411 e. The van der Waals surface area contributed by atoms with Crippen LogP contribution in [0.4, 0.5) is 0 Å². The van der Waals surface area contributed by atoms with Gasteiger partial charge in [-0.3, -0.25) is 0 Å². The zero-order valence-electron chi connectivity index (χ0n) is 12.9. The standard InChI is InChI=1S/C20H15N3O/c24-21-13-18-14-23(19-8-2-1-3-9-19)22-20(18)17-11-10-15-6-4-5-7-16(15)12-17/h1-14,24H/b21-13+. The topological polar surface area (TPSA) is 50.4 Å². The lowest BCUT2D eigenvalue weighted by atomic mass is 10.0. The van der Waals surface area contributed by atoms with Crippen LogP contribution in [0.25, 0.3) is 27.7 Å². The summed E-state index contributed by atoms with van der Waals surface area (Å²) in [5.41, 5.74) is 3.48. The predicted molar refractivity (Wildman–Crippen MR) is 95.9 cm³/mol. The molecule has 0 radical (unpaired) electrons. The van der Waals surface area contributed by atoms with E-state index in [9.17, 15) is 0 Å². The summed E-state index contributed by atoms with van der Waals surface area (Å²) in [7, 11) is 0. The van der Waals surface area contributed by atoms with Gasteiger partial charge in [-0.25, -0.2) is 4.68 Å². The maximum atomic E-state index is 8.98. The maximum Gasteiger partial charge on any atom is 0.102 e. The highest BCUT2D eigenvalue weighted by Gasteiger charge is 2.11. The minimum absolute atomic E-state index is 0.761. The molecule has 0 bridgehead atoms. The highest BCUT2D eigenvalue weighted by Crippen LogP contribution is 2.26. The number of nitrogens with zero attached hydrogens (tertiary/aromatic N) is 3. The number of aromatic nitrogens is 2. The van der Waals surface area contributed by atoms with E-state index < -0.39 is 0 Å². The maximum absolute atomic E-state index is 8.98. The molecular weight excluding hydrogens is 298 g/mol. The van der Waals surface area contributed by atoms with E-state index in [1.165, 1.54) is 11.6 Å². The van der Waals surface area contributed by atoms with Gasteiger partial charge in [0.1, 0.15) is 5.69 Å². The van der Waals surface area contributed by atoms with Crippen molar-refractivity contribution in [3.63, 3.8) is 0 Å². The van der Waals surface area contributed by atoms with Gasteiger partial charge in [0.2, 0.25) is 0 Å². The number of rotatable bonds is 3. The van der Waals surface area contributed by atoms with Crippen LogP contribution >= 0.6 is 0 Å². The number of hydrogen-bond acceptors (Lipinski definition) is 3. The number of benzene rings is 3. The zero-order valence-corrected chi connectivity index (χ0v) is 12.9. The molecule has 0 amide bonds. The van der Waals surface area contributed by atoms with Crippen molar-refractivity contribution >= 4 is 17.0 Å². The molecular formula is C20H15N3O. The minimum atomic E-state index is 0.761. The lowest BCUT2D eigenvalue weighted by molar-refractivity contribution is 0.322. The summed E-state index contributed by atoms with van der Waals surface area (Å²) in [4.78, 5) is 0. The van der Waals surface area contributed by atoms with Crippen LogP contribution in [0.5, 0.6) is 0 Å². The molecule has 1 heterocycles. The molecule has 0 spiro atoms. The van der Waals surface area contributed by atoms with E-state index in [2.05, 4.69) is 29.4 Å². The van der Waals surface area contributed by atoms with Crippen LogP contribution < -0.4 is 0 Å². The average molecular weight is 313 g/mol. The van der Waals surface area contributed by atoms with Gasteiger partial charge < -0.3 is 5.21 Å². The van der Waals surface area contributed by atoms with Crippen molar-refractivity contribution in [2.24, 2.45) is 5.16 Å². The van der Waals surface area contributed by atoms with Crippen molar-refractivity contribution in [3.05, 3.63) is 84.6 Å². The third-order valence-electron chi connectivity index (χ3n) is 3.98. The molecule has 0 aliphatic heterocycles. The van der Waals surface area contributed by atoms with E-state index in [1.807, 2.05) is 54.7 Å². The summed E-state index contributed by atoms with van der Waals surface area (Å²) < 4.78 is 1.79. The second-order valence-corrected chi connectivity index (χ2v) is 5.52. The van der Waals surface area contributed by atoms with Gasteiger partial charge in [-0.05, 0) is 29.0 Å². The third kappa shape index (κ3) is 2.54. The monoisotopic (exact) mass is 313 g/mol. The Morgan fingerprint density at radius 2 is 1.62 bits per heavy atom. The van der Waals surface area contributed by atoms with Crippen LogP contribution in [0.2, 0.25) is 0 Å². The van der Waals surface area contributed by atoms with Gasteiger partial charge in [-0.1, -0.05) is 59.8 Å². The zero-order chi connectivity index (χ0) is 16.4.